The van der Waals surface area contributed by atoms with Crippen molar-refractivity contribution in [3.8, 4) is 0 Å². The van der Waals surface area contributed by atoms with Crippen molar-refractivity contribution in [3.05, 3.63) is 6.57 Å². The fraction of sp³-hybridized carbons (Fsp3) is 0.750. The predicted octanol–water partition coefficient (Wildman–Crippen LogP) is -1.53. The van der Waals surface area contributed by atoms with Crippen LogP contribution in [0.15, 0.2) is 0 Å². The molecule has 0 saturated heterocycles. The summed E-state index contributed by atoms with van der Waals surface area (Å²) in [5.74, 6) is 0. The molecule has 46 valence electrons. The smallest absolute Gasteiger partial charge is 0 e. The van der Waals surface area contributed by atoms with Crippen LogP contribution < -0.4 is 18.9 Å². The minimum Gasteiger partial charge on any atom is 0 e. The van der Waals surface area contributed by atoms with E-state index in [4.69, 9.17) is 11.8 Å². The van der Waals surface area contributed by atoms with Crippen molar-refractivity contribution < 1.29 is 35.9 Å². The van der Waals surface area contributed by atoms with Gasteiger partial charge < -0.3 is 11.8 Å². The first-order valence-electron chi connectivity index (χ1n) is 1.72. The average Bonchev–Trinajstić information content (AvgIpc) is 1.41. The van der Waals surface area contributed by atoms with E-state index in [0.29, 0.717) is 0 Å². The van der Waals surface area contributed by atoms with Crippen LogP contribution in [0.2, 0.25) is 14.8 Å². The van der Waals surface area contributed by atoms with Gasteiger partial charge in [-0.25, -0.2) is 0 Å². The third-order valence-corrected chi connectivity index (χ3v) is 0. The maximum Gasteiger partial charge on any atom is 1.00 e. The third-order valence-electron chi connectivity index (χ3n) is 0. The van der Waals surface area contributed by atoms with E-state index in [9.17, 15) is 0 Å². The van der Waals surface area contributed by atoms with Crippen LogP contribution in [0.1, 0.15) is 0 Å². The Morgan fingerprint density at radius 1 is 1.12 bits per heavy atom. The molecule has 0 aliphatic carbocycles. The predicted molar refractivity (Wildman–Crippen MR) is 28.3 cm³/mol. The SMILES string of the molecule is [C-]#N.[CH3][Sn]([CH3])[CH3].[Cu].[Li+]. The molecule has 4 heteroatoms. The summed E-state index contributed by atoms with van der Waals surface area (Å²) in [5.41, 5.74) is 0. The first kappa shape index (κ1) is 22.7. The summed E-state index contributed by atoms with van der Waals surface area (Å²) in [6, 6.07) is 0. The fourth-order valence-corrected chi connectivity index (χ4v) is 0. The summed E-state index contributed by atoms with van der Waals surface area (Å²) in [4.78, 5) is 7.09. The van der Waals surface area contributed by atoms with Gasteiger partial charge in [0, 0.05) is 17.1 Å². The van der Waals surface area contributed by atoms with Gasteiger partial charge >= 0.3 is 53.4 Å². The molecule has 0 unspecified atom stereocenters. The zero-order valence-corrected chi connectivity index (χ0v) is 9.54. The first-order chi connectivity index (χ1) is 2.73. The standard InChI is InChI=1S/CN.3CH3.Cu.Li.Sn/c1-2;;;;;;/h;3*1H3;;;/q-1;;;;;+1;. The number of hydrogen-bond donors (Lipinski definition) is 0. The van der Waals surface area contributed by atoms with Crippen molar-refractivity contribution in [2.75, 3.05) is 0 Å². The Hall–Kier alpha value is 1.41. The molecule has 0 bridgehead atoms. The molecule has 0 heterocycles. The molecular weight excluding hydrogens is 251 g/mol. The Morgan fingerprint density at radius 2 is 1.12 bits per heavy atom. The Balaban J connectivity index is -0.0000000183. The molecule has 0 aromatic rings. The minimum atomic E-state index is -0.543. The van der Waals surface area contributed by atoms with Crippen molar-refractivity contribution in [2.45, 2.75) is 14.8 Å². The van der Waals surface area contributed by atoms with E-state index >= 15 is 0 Å². The van der Waals surface area contributed by atoms with Gasteiger partial charge in [-0.1, -0.05) is 0 Å². The van der Waals surface area contributed by atoms with E-state index in [1.807, 2.05) is 0 Å². The number of nitrogens with zero attached hydrogens (tertiary/aromatic N) is 1. The van der Waals surface area contributed by atoms with Crippen molar-refractivity contribution >= 4 is 19.8 Å². The molecule has 8 heavy (non-hydrogen) atoms. The van der Waals surface area contributed by atoms with Gasteiger partial charge in [0.25, 0.3) is 0 Å². The van der Waals surface area contributed by atoms with Gasteiger partial charge in [0.1, 0.15) is 0 Å². The van der Waals surface area contributed by atoms with Gasteiger partial charge in [0.2, 0.25) is 0 Å². The topological polar surface area (TPSA) is 23.8 Å². The molecule has 0 fully saturated rings. The molecule has 0 aromatic carbocycles. The summed E-state index contributed by atoms with van der Waals surface area (Å²) in [6.07, 6.45) is 0. The molecule has 2 radical (unpaired) electrons. The second kappa shape index (κ2) is 23.8. The summed E-state index contributed by atoms with van der Waals surface area (Å²) in [6.45, 7) is 4.75. The molecule has 0 spiro atoms. The van der Waals surface area contributed by atoms with Crippen molar-refractivity contribution in [2.24, 2.45) is 0 Å². The Labute approximate surface area is 81.6 Å². The molecule has 0 saturated carbocycles. The van der Waals surface area contributed by atoms with E-state index in [-0.39, 0.29) is 35.9 Å². The molecular formula is C4H9CuLiNSn. The largest absolute Gasteiger partial charge is 1.00 e. The van der Waals surface area contributed by atoms with Crippen molar-refractivity contribution in [1.29, 1.82) is 5.26 Å². The van der Waals surface area contributed by atoms with E-state index in [1.165, 1.54) is 0 Å². The molecule has 0 N–H and O–H groups in total. The van der Waals surface area contributed by atoms with Crippen LogP contribution in [-0.4, -0.2) is 19.8 Å². The van der Waals surface area contributed by atoms with Crippen LogP contribution in [0.5, 0.6) is 0 Å². The van der Waals surface area contributed by atoms with Gasteiger partial charge in [0.15, 0.2) is 0 Å². The average molecular weight is 260 g/mol. The molecule has 0 aliphatic heterocycles. The fourth-order valence-electron chi connectivity index (χ4n) is 0. The van der Waals surface area contributed by atoms with Crippen LogP contribution in [-0.2, 0) is 17.1 Å². The van der Waals surface area contributed by atoms with E-state index in [1.54, 1.807) is 0 Å². The quantitative estimate of drug-likeness (QED) is 0.383. The second-order valence-electron chi connectivity index (χ2n) is 1.50. The van der Waals surface area contributed by atoms with Crippen LogP contribution >= 0.6 is 0 Å². The van der Waals surface area contributed by atoms with Crippen LogP contribution in [0, 0.1) is 11.8 Å². The minimum absolute atomic E-state index is 0. The zero-order valence-electron chi connectivity index (χ0n) is 5.75. The number of hydrogen-bond acceptors (Lipinski definition) is 1. The van der Waals surface area contributed by atoms with Crippen LogP contribution in [0.4, 0.5) is 0 Å². The zero-order chi connectivity index (χ0) is 5.58. The summed E-state index contributed by atoms with van der Waals surface area (Å²) >= 11 is -0.543. The molecule has 1 nitrogen and oxygen atoms in total. The van der Waals surface area contributed by atoms with Crippen LogP contribution in [0.3, 0.4) is 0 Å². The molecule has 0 rings (SSSR count). The maximum absolute atomic E-state index is 6.25. The molecule has 0 aromatic heterocycles. The van der Waals surface area contributed by atoms with Gasteiger partial charge in [-0.05, 0) is 0 Å². The van der Waals surface area contributed by atoms with E-state index < -0.39 is 19.8 Å². The van der Waals surface area contributed by atoms with Gasteiger partial charge in [-0.15, -0.1) is 0 Å². The first-order valence-corrected chi connectivity index (χ1v) is 10.3. The normalized spacial score (nSPS) is 4.75. The molecule has 0 amide bonds. The number of rotatable bonds is 0. The van der Waals surface area contributed by atoms with E-state index in [2.05, 4.69) is 14.8 Å². The summed E-state index contributed by atoms with van der Waals surface area (Å²) in [5, 5.41) is 6.25. The molecule has 0 aliphatic rings. The van der Waals surface area contributed by atoms with Crippen molar-refractivity contribution in [3.63, 3.8) is 0 Å². The van der Waals surface area contributed by atoms with Gasteiger partial charge in [-0.2, -0.15) is 0 Å². The second-order valence-corrected chi connectivity index (χ2v) is 10.1. The Morgan fingerprint density at radius 3 is 1.12 bits per heavy atom. The van der Waals surface area contributed by atoms with Gasteiger partial charge in [-0.3, -0.25) is 0 Å². The molecule has 0 atom stereocenters. The Bertz CT molecular complexity index is 37.5. The van der Waals surface area contributed by atoms with Crippen LogP contribution in [0.25, 0.3) is 0 Å². The maximum atomic E-state index is 6.25. The third kappa shape index (κ3) is 154. The van der Waals surface area contributed by atoms with E-state index in [0.717, 1.165) is 0 Å². The van der Waals surface area contributed by atoms with Crippen molar-refractivity contribution in [1.82, 2.24) is 0 Å². The monoisotopic (exact) mass is 261 g/mol. The Kier molecular flexibility index (Phi) is 67.5. The summed E-state index contributed by atoms with van der Waals surface area (Å²) < 4.78 is 0. The summed E-state index contributed by atoms with van der Waals surface area (Å²) in [7, 11) is 0. The van der Waals surface area contributed by atoms with Gasteiger partial charge in [0.05, 0.1) is 0 Å².